The Kier molecular flexibility index (Phi) is 4.22. The summed E-state index contributed by atoms with van der Waals surface area (Å²) in [6.45, 7) is 1.68. The van der Waals surface area contributed by atoms with Crippen LogP contribution in [0.5, 0.6) is 0 Å². The number of nitrogens with zero attached hydrogens (tertiary/aromatic N) is 3. The van der Waals surface area contributed by atoms with Gasteiger partial charge in [-0.05, 0) is 12.1 Å². The number of aromatic nitrogens is 2. The lowest BCUT2D eigenvalue weighted by Crippen LogP contribution is -2.38. The second kappa shape index (κ2) is 6.17. The highest BCUT2D eigenvalue weighted by Gasteiger charge is 2.27. The van der Waals surface area contributed by atoms with Gasteiger partial charge in [-0.1, -0.05) is 0 Å². The normalized spacial score (nSPS) is 18.5. The van der Waals surface area contributed by atoms with Crippen molar-refractivity contribution in [1.82, 2.24) is 19.4 Å². The average molecular weight is 338 g/mol. The SMILES string of the molecule is CS(=O)(=O)NC[C@@H]1CN(C(=O)c2ccoc2)Cc2ccnn2C1. The lowest BCUT2D eigenvalue weighted by atomic mass is 10.1. The smallest absolute Gasteiger partial charge is 0.257 e. The van der Waals surface area contributed by atoms with Gasteiger partial charge in [-0.25, -0.2) is 13.1 Å². The molecule has 9 heteroatoms. The first kappa shape index (κ1) is 15.8. The van der Waals surface area contributed by atoms with Crippen LogP contribution in [0.4, 0.5) is 0 Å². The molecule has 0 unspecified atom stereocenters. The Balaban J connectivity index is 1.81. The maximum Gasteiger partial charge on any atom is 0.257 e. The molecule has 0 aromatic carbocycles. The van der Waals surface area contributed by atoms with Crippen molar-refractivity contribution in [1.29, 1.82) is 0 Å². The second-order valence-corrected chi connectivity index (χ2v) is 7.52. The zero-order valence-electron chi connectivity index (χ0n) is 12.7. The minimum atomic E-state index is -3.28. The molecule has 0 saturated carbocycles. The summed E-state index contributed by atoms with van der Waals surface area (Å²) in [5, 5.41) is 4.25. The molecule has 0 fully saturated rings. The monoisotopic (exact) mass is 338 g/mol. The number of hydrogen-bond donors (Lipinski definition) is 1. The van der Waals surface area contributed by atoms with Crippen molar-refractivity contribution in [2.24, 2.45) is 5.92 Å². The second-order valence-electron chi connectivity index (χ2n) is 5.69. The standard InChI is InChI=1S/C14H18N4O4S/c1-23(20,21)16-6-11-7-17(14(19)12-3-5-22-10-12)9-13-2-4-15-18(13)8-11/h2-5,10-11,16H,6-9H2,1H3/t11-/m1/s1. The van der Waals surface area contributed by atoms with Crippen LogP contribution in [-0.4, -0.2) is 48.4 Å². The van der Waals surface area contributed by atoms with Crippen LogP contribution in [0.1, 0.15) is 16.1 Å². The fraction of sp³-hybridized carbons (Fsp3) is 0.429. The number of nitrogens with one attached hydrogen (secondary N) is 1. The van der Waals surface area contributed by atoms with Crippen molar-refractivity contribution in [2.75, 3.05) is 19.3 Å². The van der Waals surface area contributed by atoms with Gasteiger partial charge in [0.1, 0.15) is 6.26 Å². The van der Waals surface area contributed by atoms with Gasteiger partial charge in [0, 0.05) is 31.7 Å². The minimum Gasteiger partial charge on any atom is -0.472 e. The molecule has 0 saturated heterocycles. The Morgan fingerprint density at radius 3 is 2.96 bits per heavy atom. The Bertz CT molecular complexity index is 782. The van der Waals surface area contributed by atoms with Crippen molar-refractivity contribution in [3.8, 4) is 0 Å². The van der Waals surface area contributed by atoms with Gasteiger partial charge >= 0.3 is 0 Å². The van der Waals surface area contributed by atoms with E-state index in [1.54, 1.807) is 17.2 Å². The highest BCUT2D eigenvalue weighted by molar-refractivity contribution is 7.88. The fourth-order valence-corrected chi connectivity index (χ4v) is 3.19. The van der Waals surface area contributed by atoms with Crippen LogP contribution in [0.2, 0.25) is 0 Å². The largest absolute Gasteiger partial charge is 0.472 e. The molecule has 2 aromatic heterocycles. The van der Waals surface area contributed by atoms with Crippen molar-refractivity contribution in [3.63, 3.8) is 0 Å². The molecule has 23 heavy (non-hydrogen) atoms. The fourth-order valence-electron chi connectivity index (χ4n) is 2.65. The molecule has 1 amide bonds. The number of hydrogen-bond acceptors (Lipinski definition) is 5. The van der Waals surface area contributed by atoms with E-state index in [2.05, 4.69) is 9.82 Å². The number of sulfonamides is 1. The van der Waals surface area contributed by atoms with E-state index >= 15 is 0 Å². The van der Waals surface area contributed by atoms with Gasteiger partial charge < -0.3 is 9.32 Å². The third kappa shape index (κ3) is 3.80. The van der Waals surface area contributed by atoms with Crippen LogP contribution in [0.15, 0.2) is 35.3 Å². The van der Waals surface area contributed by atoms with E-state index in [0.29, 0.717) is 25.2 Å². The number of fused-ring (bicyclic) bond motifs is 1. The molecule has 1 atom stereocenters. The molecule has 1 aliphatic rings. The Hall–Kier alpha value is -2.13. The molecule has 3 rings (SSSR count). The predicted octanol–water partition coefficient (Wildman–Crippen LogP) is 0.297. The number of rotatable bonds is 4. The van der Waals surface area contributed by atoms with Gasteiger partial charge in [0.05, 0.1) is 30.3 Å². The summed E-state index contributed by atoms with van der Waals surface area (Å²) in [5.74, 6) is -0.209. The minimum absolute atomic E-state index is 0.0678. The third-order valence-electron chi connectivity index (χ3n) is 3.76. The lowest BCUT2D eigenvalue weighted by Gasteiger charge is -2.23. The van der Waals surface area contributed by atoms with Crippen molar-refractivity contribution in [3.05, 3.63) is 42.1 Å². The summed E-state index contributed by atoms with van der Waals surface area (Å²) in [7, 11) is -3.28. The topological polar surface area (TPSA) is 97.4 Å². The molecule has 8 nitrogen and oxygen atoms in total. The summed E-state index contributed by atoms with van der Waals surface area (Å²) in [5.41, 5.74) is 1.40. The quantitative estimate of drug-likeness (QED) is 0.864. The van der Waals surface area contributed by atoms with Gasteiger partial charge in [0.25, 0.3) is 5.91 Å². The van der Waals surface area contributed by atoms with Gasteiger partial charge in [-0.15, -0.1) is 0 Å². The number of furan rings is 1. The van der Waals surface area contributed by atoms with Crippen LogP contribution in [0, 0.1) is 5.92 Å². The zero-order valence-corrected chi connectivity index (χ0v) is 13.5. The lowest BCUT2D eigenvalue weighted by molar-refractivity contribution is 0.0721. The predicted molar refractivity (Wildman–Crippen MR) is 82.0 cm³/mol. The molecule has 1 N–H and O–H groups in total. The first-order valence-electron chi connectivity index (χ1n) is 7.19. The maximum absolute atomic E-state index is 12.6. The first-order chi connectivity index (χ1) is 10.9. The van der Waals surface area contributed by atoms with Crippen molar-refractivity contribution >= 4 is 15.9 Å². The highest BCUT2D eigenvalue weighted by Crippen LogP contribution is 2.18. The van der Waals surface area contributed by atoms with E-state index in [-0.39, 0.29) is 18.4 Å². The summed E-state index contributed by atoms with van der Waals surface area (Å²) in [6.07, 6.45) is 5.67. The summed E-state index contributed by atoms with van der Waals surface area (Å²) in [4.78, 5) is 14.3. The Morgan fingerprint density at radius 1 is 1.43 bits per heavy atom. The van der Waals surface area contributed by atoms with Gasteiger partial charge in [-0.3, -0.25) is 9.48 Å². The van der Waals surface area contributed by atoms with E-state index in [0.717, 1.165) is 11.9 Å². The third-order valence-corrected chi connectivity index (χ3v) is 4.45. The molecular formula is C14H18N4O4S. The number of carbonyl (C=O) groups is 1. The van der Waals surface area contributed by atoms with E-state index in [1.807, 2.05) is 10.7 Å². The van der Waals surface area contributed by atoms with E-state index in [4.69, 9.17) is 4.42 Å². The van der Waals surface area contributed by atoms with Crippen LogP contribution >= 0.6 is 0 Å². The Morgan fingerprint density at radius 2 is 2.26 bits per heavy atom. The van der Waals surface area contributed by atoms with Crippen LogP contribution in [-0.2, 0) is 23.1 Å². The van der Waals surface area contributed by atoms with E-state index in [1.165, 1.54) is 12.5 Å². The molecule has 0 bridgehead atoms. The molecule has 0 aliphatic carbocycles. The van der Waals surface area contributed by atoms with Crippen LogP contribution < -0.4 is 4.72 Å². The average Bonchev–Trinajstić information content (AvgIpc) is 3.12. The molecule has 124 valence electrons. The number of amides is 1. The van der Waals surface area contributed by atoms with Crippen LogP contribution in [0.25, 0.3) is 0 Å². The first-order valence-corrected chi connectivity index (χ1v) is 9.08. The zero-order chi connectivity index (χ0) is 16.4. The summed E-state index contributed by atoms with van der Waals surface area (Å²) >= 11 is 0. The van der Waals surface area contributed by atoms with Gasteiger partial charge in [0.15, 0.2) is 0 Å². The number of carbonyl (C=O) groups excluding carboxylic acids is 1. The van der Waals surface area contributed by atoms with Crippen LogP contribution in [0.3, 0.4) is 0 Å². The summed E-state index contributed by atoms with van der Waals surface area (Å²) < 4.78 is 32.0. The summed E-state index contributed by atoms with van der Waals surface area (Å²) in [6, 6.07) is 3.48. The highest BCUT2D eigenvalue weighted by atomic mass is 32.2. The molecule has 0 radical (unpaired) electrons. The van der Waals surface area contributed by atoms with Gasteiger partial charge in [0.2, 0.25) is 10.0 Å². The van der Waals surface area contributed by atoms with Crippen molar-refractivity contribution in [2.45, 2.75) is 13.1 Å². The maximum atomic E-state index is 12.6. The molecule has 2 aromatic rings. The molecule has 1 aliphatic heterocycles. The van der Waals surface area contributed by atoms with Crippen molar-refractivity contribution < 1.29 is 17.6 Å². The molecular weight excluding hydrogens is 320 g/mol. The Labute approximate surface area is 134 Å². The van der Waals surface area contributed by atoms with E-state index in [9.17, 15) is 13.2 Å². The molecule has 3 heterocycles. The van der Waals surface area contributed by atoms with E-state index < -0.39 is 10.0 Å². The molecule has 0 spiro atoms. The van der Waals surface area contributed by atoms with Gasteiger partial charge in [-0.2, -0.15) is 5.10 Å².